The molecule has 6 aromatic rings. The number of nitrogens with zero attached hydrogens (tertiary/aromatic N) is 5. The highest BCUT2D eigenvalue weighted by Crippen LogP contribution is 2.38. The Labute approximate surface area is 190 Å². The molecular formula is C27H21N5O. The summed E-state index contributed by atoms with van der Waals surface area (Å²) in [5.41, 5.74) is 7.93. The Kier molecular flexibility index (Phi) is 4.33. The van der Waals surface area contributed by atoms with Crippen molar-refractivity contribution >= 4 is 21.9 Å². The van der Waals surface area contributed by atoms with Gasteiger partial charge in [0, 0.05) is 23.4 Å². The molecule has 0 aliphatic rings. The smallest absolute Gasteiger partial charge is 0.247 e. The third kappa shape index (κ3) is 3.19. The summed E-state index contributed by atoms with van der Waals surface area (Å²) in [5, 5.41) is 15.1. The van der Waals surface area contributed by atoms with Gasteiger partial charge in [-0.05, 0) is 49.7 Å². The predicted octanol–water partition coefficient (Wildman–Crippen LogP) is 6.22. The van der Waals surface area contributed by atoms with Crippen molar-refractivity contribution in [1.82, 2.24) is 25.0 Å². The Morgan fingerprint density at radius 1 is 0.788 bits per heavy atom. The van der Waals surface area contributed by atoms with Crippen LogP contribution in [0.5, 0.6) is 0 Å². The van der Waals surface area contributed by atoms with Gasteiger partial charge < -0.3 is 4.42 Å². The van der Waals surface area contributed by atoms with Crippen molar-refractivity contribution in [2.45, 2.75) is 20.8 Å². The molecular weight excluding hydrogens is 410 g/mol. The zero-order valence-corrected chi connectivity index (χ0v) is 18.6. The molecule has 3 aromatic heterocycles. The molecule has 0 atom stereocenters. The van der Waals surface area contributed by atoms with Crippen molar-refractivity contribution in [1.29, 1.82) is 0 Å². The summed E-state index contributed by atoms with van der Waals surface area (Å²) in [6.07, 6.45) is 0. The third-order valence-electron chi connectivity index (χ3n) is 5.89. The van der Waals surface area contributed by atoms with Crippen LogP contribution in [0.15, 0.2) is 77.2 Å². The van der Waals surface area contributed by atoms with Crippen LogP contribution >= 0.6 is 0 Å². The number of pyridine rings is 1. The first-order valence-electron chi connectivity index (χ1n) is 10.8. The summed E-state index contributed by atoms with van der Waals surface area (Å²) in [5.74, 6) is 1.04. The van der Waals surface area contributed by atoms with Crippen molar-refractivity contribution in [3.63, 3.8) is 0 Å². The van der Waals surface area contributed by atoms with E-state index >= 15 is 0 Å². The fraction of sp³-hybridized carbons (Fsp3) is 0.111. The molecule has 3 heterocycles. The van der Waals surface area contributed by atoms with E-state index in [1.54, 1.807) is 6.92 Å². The minimum absolute atomic E-state index is 0.501. The highest BCUT2D eigenvalue weighted by molar-refractivity contribution is 6.10. The van der Waals surface area contributed by atoms with E-state index in [2.05, 4.69) is 47.5 Å². The fourth-order valence-electron chi connectivity index (χ4n) is 4.31. The maximum atomic E-state index is 5.69. The molecule has 0 aliphatic carbocycles. The number of aryl methyl sites for hydroxylation is 3. The van der Waals surface area contributed by atoms with Crippen LogP contribution in [-0.4, -0.2) is 25.0 Å². The Hall–Kier alpha value is -4.32. The van der Waals surface area contributed by atoms with Crippen molar-refractivity contribution in [3.8, 4) is 28.3 Å². The van der Waals surface area contributed by atoms with Crippen LogP contribution in [0.1, 0.15) is 17.1 Å². The van der Waals surface area contributed by atoms with Crippen LogP contribution in [0, 0.1) is 20.8 Å². The van der Waals surface area contributed by atoms with E-state index < -0.39 is 0 Å². The van der Waals surface area contributed by atoms with Gasteiger partial charge in [-0.3, -0.25) is 0 Å². The number of rotatable bonds is 3. The molecule has 0 saturated carbocycles. The monoisotopic (exact) mass is 431 g/mol. The zero-order valence-electron chi connectivity index (χ0n) is 18.6. The number of benzene rings is 3. The minimum Gasteiger partial charge on any atom is -0.421 e. The lowest BCUT2D eigenvalue weighted by Crippen LogP contribution is -1.98. The van der Waals surface area contributed by atoms with E-state index in [1.165, 1.54) is 5.56 Å². The third-order valence-corrected chi connectivity index (χ3v) is 5.89. The Balaban J connectivity index is 1.72. The van der Waals surface area contributed by atoms with E-state index in [1.807, 2.05) is 54.1 Å². The Morgan fingerprint density at radius 2 is 1.55 bits per heavy atom. The van der Waals surface area contributed by atoms with Crippen LogP contribution in [0.4, 0.5) is 0 Å². The molecule has 0 aliphatic heterocycles. The topological polar surface area (TPSA) is 69.6 Å². The molecule has 0 saturated heterocycles. The second kappa shape index (κ2) is 7.38. The van der Waals surface area contributed by atoms with Gasteiger partial charge in [-0.2, -0.15) is 5.10 Å². The van der Waals surface area contributed by atoms with Crippen LogP contribution in [0.2, 0.25) is 0 Å². The quantitative estimate of drug-likeness (QED) is 0.333. The second-order valence-corrected chi connectivity index (χ2v) is 8.24. The van der Waals surface area contributed by atoms with Crippen molar-refractivity contribution in [2.24, 2.45) is 0 Å². The summed E-state index contributed by atoms with van der Waals surface area (Å²) in [6.45, 7) is 5.93. The molecule has 0 radical (unpaired) electrons. The highest BCUT2D eigenvalue weighted by atomic mass is 16.4. The van der Waals surface area contributed by atoms with Gasteiger partial charge >= 0.3 is 0 Å². The SMILES string of the molecule is Cc1ccc(-c2c3cc(-c4nnc(C)o4)ccc3nc3c2c(C)nn3-c2ccccc2)cc1. The summed E-state index contributed by atoms with van der Waals surface area (Å²) in [6, 6.07) is 24.8. The van der Waals surface area contributed by atoms with E-state index in [0.717, 1.165) is 50.0 Å². The summed E-state index contributed by atoms with van der Waals surface area (Å²) in [7, 11) is 0. The minimum atomic E-state index is 0.501. The molecule has 6 rings (SSSR count). The molecule has 6 nitrogen and oxygen atoms in total. The van der Waals surface area contributed by atoms with Gasteiger partial charge in [0.05, 0.1) is 22.3 Å². The maximum absolute atomic E-state index is 5.69. The molecule has 0 bridgehead atoms. The first-order chi connectivity index (χ1) is 16.1. The normalized spacial score (nSPS) is 11.5. The highest BCUT2D eigenvalue weighted by Gasteiger charge is 2.20. The van der Waals surface area contributed by atoms with Crippen LogP contribution in [0.3, 0.4) is 0 Å². The second-order valence-electron chi connectivity index (χ2n) is 8.24. The van der Waals surface area contributed by atoms with E-state index in [0.29, 0.717) is 11.8 Å². The van der Waals surface area contributed by atoms with Crippen molar-refractivity contribution < 1.29 is 4.42 Å². The first kappa shape index (κ1) is 19.4. The van der Waals surface area contributed by atoms with Gasteiger partial charge in [-0.15, -0.1) is 10.2 Å². The number of fused-ring (bicyclic) bond motifs is 2. The van der Waals surface area contributed by atoms with Gasteiger partial charge in [-0.1, -0.05) is 48.0 Å². The van der Waals surface area contributed by atoms with E-state index in [9.17, 15) is 0 Å². The lowest BCUT2D eigenvalue weighted by Gasteiger charge is -2.11. The lowest BCUT2D eigenvalue weighted by molar-refractivity contribution is 0.533. The van der Waals surface area contributed by atoms with E-state index in [4.69, 9.17) is 14.5 Å². The molecule has 3 aromatic carbocycles. The van der Waals surface area contributed by atoms with Gasteiger partial charge in [0.15, 0.2) is 5.65 Å². The average Bonchev–Trinajstić information content (AvgIpc) is 3.42. The molecule has 0 fully saturated rings. The van der Waals surface area contributed by atoms with Gasteiger partial charge in [0.2, 0.25) is 11.8 Å². The lowest BCUT2D eigenvalue weighted by atomic mass is 9.95. The van der Waals surface area contributed by atoms with Gasteiger partial charge in [-0.25, -0.2) is 9.67 Å². The first-order valence-corrected chi connectivity index (χ1v) is 10.8. The number of hydrogen-bond donors (Lipinski definition) is 0. The summed E-state index contributed by atoms with van der Waals surface area (Å²) < 4.78 is 7.62. The van der Waals surface area contributed by atoms with Gasteiger partial charge in [0.1, 0.15) is 0 Å². The largest absolute Gasteiger partial charge is 0.421 e. The van der Waals surface area contributed by atoms with Crippen LogP contribution < -0.4 is 0 Å². The van der Waals surface area contributed by atoms with Crippen molar-refractivity contribution in [3.05, 3.63) is 89.9 Å². The van der Waals surface area contributed by atoms with Crippen molar-refractivity contribution in [2.75, 3.05) is 0 Å². The van der Waals surface area contributed by atoms with Gasteiger partial charge in [0.25, 0.3) is 0 Å². The molecule has 6 heteroatoms. The number of para-hydroxylation sites is 1. The molecule has 0 unspecified atom stereocenters. The van der Waals surface area contributed by atoms with Crippen LogP contribution in [-0.2, 0) is 0 Å². The molecule has 0 N–H and O–H groups in total. The average molecular weight is 431 g/mol. The fourth-order valence-corrected chi connectivity index (χ4v) is 4.31. The Bertz CT molecular complexity index is 1630. The zero-order chi connectivity index (χ0) is 22.5. The summed E-state index contributed by atoms with van der Waals surface area (Å²) >= 11 is 0. The van der Waals surface area contributed by atoms with Crippen LogP contribution in [0.25, 0.3) is 50.2 Å². The number of aromatic nitrogens is 5. The summed E-state index contributed by atoms with van der Waals surface area (Å²) in [4.78, 5) is 5.05. The Morgan fingerprint density at radius 3 is 2.27 bits per heavy atom. The molecule has 33 heavy (non-hydrogen) atoms. The molecule has 0 spiro atoms. The van der Waals surface area contributed by atoms with E-state index in [-0.39, 0.29) is 0 Å². The molecule has 160 valence electrons. The number of hydrogen-bond acceptors (Lipinski definition) is 5. The molecule has 0 amide bonds. The predicted molar refractivity (Wildman–Crippen MR) is 129 cm³/mol. The maximum Gasteiger partial charge on any atom is 0.247 e. The standard InChI is InChI=1S/C27H21N5O/c1-16-9-11-19(12-10-16)25-22-15-20(27-30-29-18(3)33-27)13-14-23(22)28-26-24(25)17(2)31-32(26)21-7-5-4-6-8-21/h4-15H,1-3H3.